The number of nitro groups is 2. The zero-order valence-corrected chi connectivity index (χ0v) is 14.4. The Kier molecular flexibility index (Phi) is 6.10. The zero-order valence-electron chi connectivity index (χ0n) is 14.4. The second-order valence-corrected chi connectivity index (χ2v) is 5.25. The van der Waals surface area contributed by atoms with Gasteiger partial charge in [-0.1, -0.05) is 6.07 Å². The van der Waals surface area contributed by atoms with Crippen molar-refractivity contribution in [1.29, 1.82) is 0 Å². The quantitative estimate of drug-likeness (QED) is 0.526. The summed E-state index contributed by atoms with van der Waals surface area (Å²) in [5, 5.41) is 21.8. The van der Waals surface area contributed by atoms with Gasteiger partial charge in [-0.15, -0.1) is 0 Å². The lowest BCUT2D eigenvalue weighted by atomic mass is 10.1. The molecule has 2 N–H and O–H groups in total. The van der Waals surface area contributed by atoms with Crippen molar-refractivity contribution in [3.63, 3.8) is 0 Å². The highest BCUT2D eigenvalue weighted by Crippen LogP contribution is 2.29. The highest BCUT2D eigenvalue weighted by Gasteiger charge is 2.19. The van der Waals surface area contributed by atoms with E-state index in [4.69, 9.17) is 9.47 Å². The Labute approximate surface area is 153 Å². The van der Waals surface area contributed by atoms with Crippen molar-refractivity contribution in [2.24, 2.45) is 0 Å². The first-order chi connectivity index (χ1) is 12.8. The predicted molar refractivity (Wildman–Crippen MR) is 94.8 cm³/mol. The van der Waals surface area contributed by atoms with E-state index in [1.54, 1.807) is 18.2 Å². The summed E-state index contributed by atoms with van der Waals surface area (Å²) in [6.07, 6.45) is -0.0336. The number of hydrogen-bond acceptors (Lipinski definition) is 8. The molecule has 0 aliphatic carbocycles. The second kappa shape index (κ2) is 8.47. The molecule has 0 aromatic heterocycles. The van der Waals surface area contributed by atoms with Gasteiger partial charge in [-0.3, -0.25) is 35.9 Å². The van der Waals surface area contributed by atoms with Crippen LogP contribution in [-0.2, 0) is 11.2 Å². The van der Waals surface area contributed by atoms with E-state index in [-0.39, 0.29) is 12.1 Å². The maximum absolute atomic E-state index is 12.1. The Balaban J connectivity index is 2.07. The van der Waals surface area contributed by atoms with Crippen molar-refractivity contribution in [2.75, 3.05) is 19.6 Å². The maximum atomic E-state index is 12.1. The SMILES string of the molecule is COc1ccc(CC(=O)NNc2ccc([N+](=O)[O-])cc2[N+](=O)[O-])cc1OC. The standard InChI is InChI=1S/C16H16N4O7/c1-26-14-6-3-10(7-15(14)27-2)8-16(21)18-17-12-5-4-11(19(22)23)9-13(12)20(24)25/h3-7,9,17H,8H2,1-2H3,(H,18,21). The molecule has 0 spiro atoms. The predicted octanol–water partition coefficient (Wildman–Crippen LogP) is 2.21. The molecule has 27 heavy (non-hydrogen) atoms. The van der Waals surface area contributed by atoms with E-state index in [9.17, 15) is 25.0 Å². The van der Waals surface area contributed by atoms with Crippen molar-refractivity contribution in [3.8, 4) is 11.5 Å². The number of rotatable bonds is 8. The van der Waals surface area contributed by atoms with Crippen molar-refractivity contribution < 1.29 is 24.1 Å². The molecule has 0 unspecified atom stereocenters. The fourth-order valence-electron chi connectivity index (χ4n) is 2.25. The van der Waals surface area contributed by atoms with Gasteiger partial charge in [-0.05, 0) is 23.8 Å². The summed E-state index contributed by atoms with van der Waals surface area (Å²) in [6.45, 7) is 0. The summed E-state index contributed by atoms with van der Waals surface area (Å²) in [5.41, 5.74) is 4.33. The maximum Gasteiger partial charge on any atom is 0.300 e. The van der Waals surface area contributed by atoms with E-state index in [2.05, 4.69) is 10.9 Å². The number of benzene rings is 2. The molecule has 0 fully saturated rings. The molecule has 0 atom stereocenters. The number of nitrogens with zero attached hydrogens (tertiary/aromatic N) is 2. The molecule has 0 saturated carbocycles. The summed E-state index contributed by atoms with van der Waals surface area (Å²) >= 11 is 0. The van der Waals surface area contributed by atoms with Gasteiger partial charge < -0.3 is 9.47 Å². The van der Waals surface area contributed by atoms with E-state index in [0.29, 0.717) is 17.1 Å². The Morgan fingerprint density at radius 3 is 2.30 bits per heavy atom. The summed E-state index contributed by atoms with van der Waals surface area (Å²) < 4.78 is 10.3. The van der Waals surface area contributed by atoms with Gasteiger partial charge in [0.05, 0.1) is 36.6 Å². The molecule has 0 heterocycles. The normalized spacial score (nSPS) is 10.0. The average Bonchev–Trinajstić information content (AvgIpc) is 2.65. The van der Waals surface area contributed by atoms with Gasteiger partial charge in [0, 0.05) is 6.07 Å². The van der Waals surface area contributed by atoms with Gasteiger partial charge in [-0.25, -0.2) is 0 Å². The molecule has 11 nitrogen and oxygen atoms in total. The van der Waals surface area contributed by atoms with Crippen LogP contribution in [0.25, 0.3) is 0 Å². The fourth-order valence-corrected chi connectivity index (χ4v) is 2.25. The van der Waals surface area contributed by atoms with E-state index in [1.807, 2.05) is 0 Å². The molecule has 2 rings (SSSR count). The molecule has 0 aliphatic rings. The van der Waals surface area contributed by atoms with E-state index < -0.39 is 27.1 Å². The van der Waals surface area contributed by atoms with Crippen LogP contribution in [0.1, 0.15) is 5.56 Å². The minimum absolute atomic E-state index is 0.0336. The number of carbonyl (C=O) groups is 1. The average molecular weight is 376 g/mol. The number of nitro benzene ring substituents is 2. The summed E-state index contributed by atoms with van der Waals surface area (Å²) in [7, 11) is 2.96. The van der Waals surface area contributed by atoms with Gasteiger partial charge in [0.1, 0.15) is 5.69 Å². The lowest BCUT2D eigenvalue weighted by molar-refractivity contribution is -0.393. The fraction of sp³-hybridized carbons (Fsp3) is 0.188. The van der Waals surface area contributed by atoms with Gasteiger partial charge in [0.15, 0.2) is 11.5 Å². The largest absolute Gasteiger partial charge is 0.493 e. The topological polar surface area (TPSA) is 146 Å². The molecule has 2 aromatic rings. The number of nitrogens with one attached hydrogen (secondary N) is 2. The molecular weight excluding hydrogens is 360 g/mol. The number of anilines is 1. The number of ether oxygens (including phenoxy) is 2. The van der Waals surface area contributed by atoms with Crippen LogP contribution in [0.5, 0.6) is 11.5 Å². The minimum atomic E-state index is -0.782. The van der Waals surface area contributed by atoms with Crippen molar-refractivity contribution in [1.82, 2.24) is 5.43 Å². The minimum Gasteiger partial charge on any atom is -0.493 e. The molecule has 0 saturated heterocycles. The third kappa shape index (κ3) is 4.81. The van der Waals surface area contributed by atoms with Gasteiger partial charge >= 0.3 is 5.69 Å². The number of hydrazine groups is 1. The van der Waals surface area contributed by atoms with Crippen molar-refractivity contribution in [2.45, 2.75) is 6.42 Å². The molecule has 2 aromatic carbocycles. The number of methoxy groups -OCH3 is 2. The molecule has 11 heteroatoms. The van der Waals surface area contributed by atoms with Crippen LogP contribution < -0.4 is 20.3 Å². The Hall–Kier alpha value is -3.89. The Morgan fingerprint density at radius 1 is 1.00 bits per heavy atom. The van der Waals surface area contributed by atoms with Crippen LogP contribution in [0.4, 0.5) is 17.1 Å². The second-order valence-electron chi connectivity index (χ2n) is 5.25. The van der Waals surface area contributed by atoms with E-state index in [0.717, 1.165) is 18.2 Å². The summed E-state index contributed by atoms with van der Waals surface area (Å²) in [6, 6.07) is 8.00. The first kappa shape index (κ1) is 19.4. The number of amides is 1. The number of carbonyl (C=O) groups excluding carboxylic acids is 1. The molecule has 1 amide bonds. The van der Waals surface area contributed by atoms with Crippen LogP contribution in [0.3, 0.4) is 0 Å². The van der Waals surface area contributed by atoms with Crippen molar-refractivity contribution >= 4 is 23.0 Å². The summed E-state index contributed by atoms with van der Waals surface area (Å²) in [4.78, 5) is 32.3. The third-order valence-electron chi connectivity index (χ3n) is 3.54. The van der Waals surface area contributed by atoms with Crippen LogP contribution in [-0.4, -0.2) is 30.0 Å². The molecular formula is C16H16N4O7. The van der Waals surface area contributed by atoms with Crippen LogP contribution in [0.2, 0.25) is 0 Å². The number of non-ortho nitro benzene ring substituents is 1. The molecule has 0 bridgehead atoms. The van der Waals surface area contributed by atoms with Crippen LogP contribution >= 0.6 is 0 Å². The van der Waals surface area contributed by atoms with Crippen molar-refractivity contribution in [3.05, 3.63) is 62.2 Å². The highest BCUT2D eigenvalue weighted by atomic mass is 16.6. The smallest absolute Gasteiger partial charge is 0.300 e. The van der Waals surface area contributed by atoms with E-state index in [1.165, 1.54) is 14.2 Å². The van der Waals surface area contributed by atoms with E-state index >= 15 is 0 Å². The highest BCUT2D eigenvalue weighted by molar-refractivity contribution is 5.81. The molecule has 142 valence electrons. The van der Waals surface area contributed by atoms with Crippen LogP contribution in [0.15, 0.2) is 36.4 Å². The third-order valence-corrected chi connectivity index (χ3v) is 3.54. The van der Waals surface area contributed by atoms with Gasteiger partial charge in [-0.2, -0.15) is 0 Å². The van der Waals surface area contributed by atoms with Gasteiger partial charge in [0.25, 0.3) is 5.69 Å². The molecule has 0 aliphatic heterocycles. The Morgan fingerprint density at radius 2 is 1.70 bits per heavy atom. The lowest BCUT2D eigenvalue weighted by Gasteiger charge is -2.11. The van der Waals surface area contributed by atoms with Gasteiger partial charge in [0.2, 0.25) is 5.91 Å². The lowest BCUT2D eigenvalue weighted by Crippen LogP contribution is -2.31. The zero-order chi connectivity index (χ0) is 20.0. The number of hydrogen-bond donors (Lipinski definition) is 2. The first-order valence-corrected chi connectivity index (χ1v) is 7.54. The first-order valence-electron chi connectivity index (χ1n) is 7.54. The summed E-state index contributed by atoms with van der Waals surface area (Å²) in [5.74, 6) is 0.498. The molecule has 0 radical (unpaired) electrons. The van der Waals surface area contributed by atoms with Crippen LogP contribution in [0, 0.1) is 20.2 Å². The monoisotopic (exact) mass is 376 g/mol. The Bertz CT molecular complexity index is 885.